The van der Waals surface area contributed by atoms with Crippen molar-refractivity contribution in [2.75, 3.05) is 0 Å². The summed E-state index contributed by atoms with van der Waals surface area (Å²) in [6, 6.07) is 3.76. The first-order chi connectivity index (χ1) is 6.79. The molecule has 15 heavy (non-hydrogen) atoms. The molecule has 0 fully saturated rings. The van der Waals surface area contributed by atoms with E-state index >= 15 is 0 Å². The SMILES string of the molecule is Cc1ccc(C(OC(C)(C)C)C(C)N)o1. The molecule has 2 N–H and O–H groups in total. The van der Waals surface area contributed by atoms with Gasteiger partial charge in [-0.3, -0.25) is 0 Å². The highest BCUT2D eigenvalue weighted by molar-refractivity contribution is 5.10. The lowest BCUT2D eigenvalue weighted by Crippen LogP contribution is -2.33. The van der Waals surface area contributed by atoms with E-state index in [-0.39, 0.29) is 17.7 Å². The molecule has 86 valence electrons. The predicted octanol–water partition coefficient (Wildman–Crippen LogP) is 2.79. The van der Waals surface area contributed by atoms with Crippen LogP contribution < -0.4 is 5.73 Å². The number of furan rings is 1. The van der Waals surface area contributed by atoms with E-state index < -0.39 is 0 Å². The Bertz CT molecular complexity index is 310. The highest BCUT2D eigenvalue weighted by atomic mass is 16.5. The Morgan fingerprint density at radius 2 is 1.93 bits per heavy atom. The number of hydrogen-bond donors (Lipinski definition) is 1. The third-order valence-electron chi connectivity index (χ3n) is 2.00. The summed E-state index contributed by atoms with van der Waals surface area (Å²) < 4.78 is 11.4. The van der Waals surface area contributed by atoms with E-state index in [1.165, 1.54) is 0 Å². The summed E-state index contributed by atoms with van der Waals surface area (Å²) in [6.07, 6.45) is -0.182. The van der Waals surface area contributed by atoms with Crippen molar-refractivity contribution in [1.82, 2.24) is 0 Å². The predicted molar refractivity (Wildman–Crippen MR) is 60.7 cm³/mol. The van der Waals surface area contributed by atoms with Gasteiger partial charge >= 0.3 is 0 Å². The van der Waals surface area contributed by atoms with Crippen molar-refractivity contribution < 1.29 is 9.15 Å². The second kappa shape index (κ2) is 4.37. The zero-order valence-corrected chi connectivity index (χ0v) is 10.2. The van der Waals surface area contributed by atoms with Gasteiger partial charge in [-0.2, -0.15) is 0 Å². The fourth-order valence-electron chi connectivity index (χ4n) is 1.41. The van der Waals surface area contributed by atoms with E-state index in [9.17, 15) is 0 Å². The van der Waals surface area contributed by atoms with Crippen LogP contribution in [0.3, 0.4) is 0 Å². The summed E-state index contributed by atoms with van der Waals surface area (Å²) in [6.45, 7) is 9.88. The van der Waals surface area contributed by atoms with Crippen LogP contribution in [0.4, 0.5) is 0 Å². The summed E-state index contributed by atoms with van der Waals surface area (Å²) in [5.41, 5.74) is 5.68. The number of ether oxygens (including phenoxy) is 1. The first kappa shape index (κ1) is 12.3. The minimum atomic E-state index is -0.223. The van der Waals surface area contributed by atoms with Gasteiger partial charge in [0.2, 0.25) is 0 Å². The van der Waals surface area contributed by atoms with Crippen molar-refractivity contribution in [3.05, 3.63) is 23.7 Å². The Kier molecular flexibility index (Phi) is 3.58. The van der Waals surface area contributed by atoms with Crippen molar-refractivity contribution in [2.45, 2.75) is 52.4 Å². The van der Waals surface area contributed by atoms with E-state index in [0.717, 1.165) is 11.5 Å². The van der Waals surface area contributed by atoms with Gasteiger partial charge in [0.05, 0.1) is 5.60 Å². The molecule has 2 atom stereocenters. The molecular weight excluding hydrogens is 190 g/mol. The Balaban J connectivity index is 2.84. The maximum absolute atomic E-state index is 5.90. The number of hydrogen-bond acceptors (Lipinski definition) is 3. The first-order valence-corrected chi connectivity index (χ1v) is 5.29. The van der Waals surface area contributed by atoms with Gasteiger partial charge in [0.15, 0.2) is 0 Å². The number of rotatable bonds is 3. The zero-order valence-electron chi connectivity index (χ0n) is 10.2. The van der Waals surface area contributed by atoms with Crippen LogP contribution in [-0.2, 0) is 4.74 Å². The molecule has 3 heteroatoms. The van der Waals surface area contributed by atoms with Gasteiger partial charge in [0, 0.05) is 6.04 Å². The molecule has 1 aromatic rings. The maximum Gasteiger partial charge on any atom is 0.134 e. The quantitative estimate of drug-likeness (QED) is 0.836. The molecule has 1 aromatic heterocycles. The number of nitrogens with two attached hydrogens (primary N) is 1. The van der Waals surface area contributed by atoms with Gasteiger partial charge in [-0.25, -0.2) is 0 Å². The van der Waals surface area contributed by atoms with Gasteiger partial charge in [-0.05, 0) is 46.8 Å². The molecule has 0 saturated carbocycles. The van der Waals surface area contributed by atoms with Crippen LogP contribution in [0.2, 0.25) is 0 Å². The normalized spacial score (nSPS) is 16.4. The molecule has 0 spiro atoms. The standard InChI is InChI=1S/C12H21NO2/c1-8-6-7-10(14-8)11(9(2)13)15-12(3,4)5/h6-7,9,11H,13H2,1-5H3. The fourth-order valence-corrected chi connectivity index (χ4v) is 1.41. The van der Waals surface area contributed by atoms with Crippen molar-refractivity contribution in [3.63, 3.8) is 0 Å². The molecule has 3 nitrogen and oxygen atoms in total. The molecule has 1 heterocycles. The van der Waals surface area contributed by atoms with Crippen molar-refractivity contribution >= 4 is 0 Å². The second-order valence-corrected chi connectivity index (χ2v) is 4.96. The monoisotopic (exact) mass is 211 g/mol. The summed E-state index contributed by atoms with van der Waals surface area (Å²) in [5.74, 6) is 1.69. The van der Waals surface area contributed by atoms with E-state index in [1.807, 2.05) is 46.8 Å². The molecule has 0 radical (unpaired) electrons. The molecule has 0 amide bonds. The molecule has 0 bridgehead atoms. The molecule has 0 saturated heterocycles. The lowest BCUT2D eigenvalue weighted by molar-refractivity contribution is -0.0788. The van der Waals surface area contributed by atoms with Gasteiger partial charge in [0.1, 0.15) is 17.6 Å². The van der Waals surface area contributed by atoms with Crippen molar-refractivity contribution in [3.8, 4) is 0 Å². The summed E-state index contributed by atoms with van der Waals surface area (Å²) >= 11 is 0. The van der Waals surface area contributed by atoms with E-state index in [2.05, 4.69) is 0 Å². The highest BCUT2D eigenvalue weighted by Gasteiger charge is 2.25. The van der Waals surface area contributed by atoms with Crippen LogP contribution in [0, 0.1) is 6.92 Å². The van der Waals surface area contributed by atoms with E-state index in [1.54, 1.807) is 0 Å². The van der Waals surface area contributed by atoms with Crippen LogP contribution >= 0.6 is 0 Å². The maximum atomic E-state index is 5.90. The van der Waals surface area contributed by atoms with Gasteiger partial charge in [0.25, 0.3) is 0 Å². The Labute approximate surface area is 91.6 Å². The van der Waals surface area contributed by atoms with Gasteiger partial charge in [-0.15, -0.1) is 0 Å². The lowest BCUT2D eigenvalue weighted by atomic mass is 10.1. The minimum absolute atomic E-state index is 0.0882. The zero-order chi connectivity index (χ0) is 11.6. The van der Waals surface area contributed by atoms with Crippen LogP contribution in [0.15, 0.2) is 16.5 Å². The van der Waals surface area contributed by atoms with Crippen LogP contribution in [-0.4, -0.2) is 11.6 Å². The van der Waals surface area contributed by atoms with Gasteiger partial charge in [-0.1, -0.05) is 0 Å². The highest BCUT2D eigenvalue weighted by Crippen LogP contribution is 2.27. The van der Waals surface area contributed by atoms with E-state index in [0.29, 0.717) is 0 Å². The molecule has 0 aromatic carbocycles. The summed E-state index contributed by atoms with van der Waals surface area (Å²) in [4.78, 5) is 0. The van der Waals surface area contributed by atoms with Crippen LogP contribution in [0.1, 0.15) is 45.3 Å². The Hall–Kier alpha value is -0.800. The van der Waals surface area contributed by atoms with Crippen LogP contribution in [0.5, 0.6) is 0 Å². The average Bonchev–Trinajstić information content (AvgIpc) is 2.45. The fraction of sp³-hybridized carbons (Fsp3) is 0.667. The first-order valence-electron chi connectivity index (χ1n) is 5.29. The smallest absolute Gasteiger partial charge is 0.134 e. The molecule has 0 aliphatic rings. The molecular formula is C12H21NO2. The third-order valence-corrected chi connectivity index (χ3v) is 2.00. The second-order valence-electron chi connectivity index (χ2n) is 4.96. The van der Waals surface area contributed by atoms with Crippen molar-refractivity contribution in [1.29, 1.82) is 0 Å². The third kappa shape index (κ3) is 3.68. The molecule has 1 rings (SSSR count). The summed E-state index contributed by atoms with van der Waals surface area (Å²) in [7, 11) is 0. The topological polar surface area (TPSA) is 48.4 Å². The summed E-state index contributed by atoms with van der Waals surface area (Å²) in [5, 5.41) is 0. The van der Waals surface area contributed by atoms with Crippen LogP contribution in [0.25, 0.3) is 0 Å². The lowest BCUT2D eigenvalue weighted by Gasteiger charge is -2.28. The van der Waals surface area contributed by atoms with E-state index in [4.69, 9.17) is 14.9 Å². The molecule has 0 aliphatic heterocycles. The largest absolute Gasteiger partial charge is 0.464 e. The molecule has 0 aliphatic carbocycles. The number of aryl methyl sites for hydroxylation is 1. The van der Waals surface area contributed by atoms with Crippen molar-refractivity contribution in [2.24, 2.45) is 5.73 Å². The van der Waals surface area contributed by atoms with Gasteiger partial charge < -0.3 is 14.9 Å². The minimum Gasteiger partial charge on any atom is -0.464 e. The molecule has 2 unspecified atom stereocenters. The Morgan fingerprint density at radius 3 is 2.27 bits per heavy atom. The average molecular weight is 211 g/mol. The Morgan fingerprint density at radius 1 is 1.33 bits per heavy atom.